The van der Waals surface area contributed by atoms with Crippen molar-refractivity contribution in [3.8, 4) is 5.75 Å². The molecule has 18 heavy (non-hydrogen) atoms. The van der Waals surface area contributed by atoms with Crippen molar-refractivity contribution in [3.05, 3.63) is 33.9 Å². The molecule has 0 saturated heterocycles. The van der Waals surface area contributed by atoms with E-state index in [0.29, 0.717) is 11.3 Å². The summed E-state index contributed by atoms with van der Waals surface area (Å²) in [5, 5.41) is 20.4. The van der Waals surface area contributed by atoms with E-state index >= 15 is 0 Å². The van der Waals surface area contributed by atoms with Gasteiger partial charge >= 0.3 is 0 Å². The Morgan fingerprint density at radius 1 is 1.39 bits per heavy atom. The molecule has 1 atom stereocenters. The normalized spacial score (nSPS) is 12.5. The van der Waals surface area contributed by atoms with Crippen molar-refractivity contribution in [3.63, 3.8) is 0 Å². The molecule has 0 aromatic heterocycles. The maximum Gasteiger partial charge on any atom is 0.270 e. The predicted octanol–water partition coefficient (Wildman–Crippen LogP) is 3.22. The van der Waals surface area contributed by atoms with Gasteiger partial charge in [0.05, 0.1) is 17.1 Å². The van der Waals surface area contributed by atoms with Crippen LogP contribution in [0, 0.1) is 10.1 Å². The van der Waals surface area contributed by atoms with Crippen molar-refractivity contribution in [1.29, 1.82) is 0 Å². The number of nitro groups is 1. The molecule has 0 amide bonds. The van der Waals surface area contributed by atoms with Crippen LogP contribution in [0.25, 0.3) is 0 Å². The van der Waals surface area contributed by atoms with Gasteiger partial charge in [-0.25, -0.2) is 0 Å². The molecule has 1 N–H and O–H groups in total. The lowest BCUT2D eigenvalue weighted by Gasteiger charge is -2.19. The third-order valence-corrected chi connectivity index (χ3v) is 2.86. The molecule has 0 fully saturated rings. The van der Waals surface area contributed by atoms with Crippen molar-refractivity contribution in [1.82, 2.24) is 0 Å². The van der Waals surface area contributed by atoms with E-state index in [0.717, 1.165) is 12.8 Å². The molecule has 5 nitrogen and oxygen atoms in total. The first-order valence-corrected chi connectivity index (χ1v) is 6.12. The Morgan fingerprint density at radius 3 is 2.44 bits per heavy atom. The summed E-state index contributed by atoms with van der Waals surface area (Å²) in [6.45, 7) is 5.60. The molecule has 1 rings (SSSR count). The first kappa shape index (κ1) is 14.4. The Hall–Kier alpha value is -1.62. The minimum atomic E-state index is -0.797. The number of hydrogen-bond donors (Lipinski definition) is 1. The standard InChI is InChI=1S/C13H19NO4/c1-4-11(5-2)18-13-7-6-10(14(16)17)8-12(13)9(3)15/h6-9,11,15H,4-5H2,1-3H3/t9-/m0/s1. The highest BCUT2D eigenvalue weighted by Gasteiger charge is 2.17. The molecule has 0 aliphatic heterocycles. The van der Waals surface area contributed by atoms with E-state index in [2.05, 4.69) is 0 Å². The van der Waals surface area contributed by atoms with Crippen LogP contribution in [0.2, 0.25) is 0 Å². The predicted molar refractivity (Wildman–Crippen MR) is 68.7 cm³/mol. The SMILES string of the molecule is CCC(CC)Oc1ccc([N+](=O)[O-])cc1[C@H](C)O. The van der Waals surface area contributed by atoms with Gasteiger partial charge in [-0.05, 0) is 25.8 Å². The van der Waals surface area contributed by atoms with Crippen LogP contribution in [0.5, 0.6) is 5.75 Å². The number of rotatable bonds is 6. The lowest BCUT2D eigenvalue weighted by atomic mass is 10.1. The van der Waals surface area contributed by atoms with E-state index < -0.39 is 11.0 Å². The van der Waals surface area contributed by atoms with Crippen molar-refractivity contribution >= 4 is 5.69 Å². The molecule has 5 heteroatoms. The van der Waals surface area contributed by atoms with Crippen LogP contribution in [0.3, 0.4) is 0 Å². The van der Waals surface area contributed by atoms with E-state index in [4.69, 9.17) is 4.74 Å². The Bertz CT molecular complexity index is 413. The summed E-state index contributed by atoms with van der Waals surface area (Å²) in [5.74, 6) is 0.518. The van der Waals surface area contributed by atoms with Crippen LogP contribution < -0.4 is 4.74 Å². The average molecular weight is 253 g/mol. The van der Waals surface area contributed by atoms with E-state index in [9.17, 15) is 15.2 Å². The highest BCUT2D eigenvalue weighted by atomic mass is 16.6. The third kappa shape index (κ3) is 3.43. The number of non-ortho nitro benzene ring substituents is 1. The molecule has 0 spiro atoms. The van der Waals surface area contributed by atoms with Crippen LogP contribution in [0.1, 0.15) is 45.3 Å². The number of aliphatic hydroxyl groups is 1. The lowest BCUT2D eigenvalue weighted by Crippen LogP contribution is -2.15. The number of nitrogens with zero attached hydrogens (tertiary/aromatic N) is 1. The van der Waals surface area contributed by atoms with Gasteiger partial charge in [-0.15, -0.1) is 0 Å². The summed E-state index contributed by atoms with van der Waals surface area (Å²) in [6.07, 6.45) is 0.970. The maximum atomic E-state index is 10.7. The summed E-state index contributed by atoms with van der Waals surface area (Å²) in [6, 6.07) is 4.31. The Kier molecular flexibility index (Phi) is 5.09. The van der Waals surface area contributed by atoms with Gasteiger partial charge in [0.15, 0.2) is 0 Å². The molecule has 0 heterocycles. The fraction of sp³-hybridized carbons (Fsp3) is 0.538. The van der Waals surface area contributed by atoms with Crippen LogP contribution >= 0.6 is 0 Å². The van der Waals surface area contributed by atoms with E-state index in [1.807, 2.05) is 13.8 Å². The molecule has 0 bridgehead atoms. The zero-order chi connectivity index (χ0) is 13.7. The summed E-state index contributed by atoms with van der Waals surface area (Å²) >= 11 is 0. The monoisotopic (exact) mass is 253 g/mol. The number of nitro benzene ring substituents is 1. The van der Waals surface area contributed by atoms with Crippen LogP contribution in [0.15, 0.2) is 18.2 Å². The minimum absolute atomic E-state index is 0.0391. The second kappa shape index (κ2) is 6.35. The van der Waals surface area contributed by atoms with Gasteiger partial charge in [0.25, 0.3) is 5.69 Å². The van der Waals surface area contributed by atoms with Crippen LogP contribution in [-0.4, -0.2) is 16.1 Å². The molecule has 100 valence electrons. The summed E-state index contributed by atoms with van der Waals surface area (Å²) < 4.78 is 5.76. The molecule has 0 aliphatic carbocycles. The van der Waals surface area contributed by atoms with E-state index in [1.165, 1.54) is 12.1 Å². The molecule has 0 unspecified atom stereocenters. The van der Waals surface area contributed by atoms with Crippen molar-refractivity contribution in [2.45, 2.75) is 45.8 Å². The van der Waals surface area contributed by atoms with Crippen molar-refractivity contribution in [2.75, 3.05) is 0 Å². The first-order valence-electron chi connectivity index (χ1n) is 6.12. The number of benzene rings is 1. The largest absolute Gasteiger partial charge is 0.490 e. The summed E-state index contributed by atoms with van der Waals surface area (Å²) in [5.41, 5.74) is 0.416. The highest BCUT2D eigenvalue weighted by Crippen LogP contribution is 2.30. The van der Waals surface area contributed by atoms with E-state index in [1.54, 1.807) is 13.0 Å². The number of aliphatic hydroxyl groups excluding tert-OH is 1. The molecule has 0 aliphatic rings. The van der Waals surface area contributed by atoms with Gasteiger partial charge in [0.2, 0.25) is 0 Å². The fourth-order valence-electron chi connectivity index (χ4n) is 1.72. The lowest BCUT2D eigenvalue weighted by molar-refractivity contribution is -0.385. The Morgan fingerprint density at radius 2 is 2.00 bits per heavy atom. The van der Waals surface area contributed by atoms with Gasteiger partial charge in [0, 0.05) is 17.7 Å². The van der Waals surface area contributed by atoms with Gasteiger partial charge in [-0.1, -0.05) is 13.8 Å². The Balaban J connectivity index is 3.07. The zero-order valence-corrected chi connectivity index (χ0v) is 10.9. The van der Waals surface area contributed by atoms with Crippen molar-refractivity contribution < 1.29 is 14.8 Å². The van der Waals surface area contributed by atoms with Gasteiger partial charge in [-0.3, -0.25) is 10.1 Å². The highest BCUT2D eigenvalue weighted by molar-refractivity contribution is 5.44. The minimum Gasteiger partial charge on any atom is -0.490 e. The fourth-order valence-corrected chi connectivity index (χ4v) is 1.72. The van der Waals surface area contributed by atoms with Gasteiger partial charge in [-0.2, -0.15) is 0 Å². The quantitative estimate of drug-likeness (QED) is 0.624. The first-order chi connectivity index (χ1) is 8.49. The summed E-state index contributed by atoms with van der Waals surface area (Å²) in [4.78, 5) is 10.2. The molecule has 1 aromatic carbocycles. The molecule has 1 aromatic rings. The topological polar surface area (TPSA) is 72.6 Å². The van der Waals surface area contributed by atoms with Crippen LogP contribution in [-0.2, 0) is 0 Å². The van der Waals surface area contributed by atoms with Gasteiger partial charge in [0.1, 0.15) is 5.75 Å². The molecular formula is C13H19NO4. The molecule has 0 radical (unpaired) electrons. The van der Waals surface area contributed by atoms with Crippen LogP contribution in [0.4, 0.5) is 5.69 Å². The molecule has 0 saturated carbocycles. The zero-order valence-electron chi connectivity index (χ0n) is 10.9. The smallest absolute Gasteiger partial charge is 0.270 e. The van der Waals surface area contributed by atoms with Crippen molar-refractivity contribution in [2.24, 2.45) is 0 Å². The van der Waals surface area contributed by atoms with E-state index in [-0.39, 0.29) is 11.8 Å². The maximum absolute atomic E-state index is 10.7. The van der Waals surface area contributed by atoms with Gasteiger partial charge < -0.3 is 9.84 Å². The summed E-state index contributed by atoms with van der Waals surface area (Å²) in [7, 11) is 0. The number of hydrogen-bond acceptors (Lipinski definition) is 4. The second-order valence-electron chi connectivity index (χ2n) is 4.21. The number of ether oxygens (including phenoxy) is 1. The second-order valence-corrected chi connectivity index (χ2v) is 4.21. The Labute approximate surface area is 107 Å². The average Bonchev–Trinajstić information content (AvgIpc) is 2.35. The molecular weight excluding hydrogens is 234 g/mol. The third-order valence-electron chi connectivity index (χ3n) is 2.86.